The minimum atomic E-state index is -3.36. The molecule has 1 rings (SSSR count). The number of halogens is 1. The zero-order valence-corrected chi connectivity index (χ0v) is 13.4. The quantitative estimate of drug-likeness (QED) is 0.794. The number of rotatable bonds is 6. The molecule has 1 aromatic rings. The molecule has 4 nitrogen and oxygen atoms in total. The summed E-state index contributed by atoms with van der Waals surface area (Å²) in [6.07, 6.45) is 1.73. The van der Waals surface area contributed by atoms with Gasteiger partial charge in [-0.2, -0.15) is 0 Å². The van der Waals surface area contributed by atoms with Crippen LogP contribution in [0.2, 0.25) is 0 Å². The number of amides is 1. The maximum atomic E-state index is 11.8. The highest BCUT2D eigenvalue weighted by Gasteiger charge is 2.25. The van der Waals surface area contributed by atoms with Gasteiger partial charge in [-0.15, -0.1) is 0 Å². The summed E-state index contributed by atoms with van der Waals surface area (Å²) in [5, 5.41) is 2.31. The number of nitrogens with one attached hydrogen (secondary N) is 1. The molecule has 0 heterocycles. The minimum absolute atomic E-state index is 0.126. The summed E-state index contributed by atoms with van der Waals surface area (Å²) < 4.78 is 22.7. The Morgan fingerprint density at radius 3 is 2.37 bits per heavy atom. The molecule has 0 fully saturated rings. The second kappa shape index (κ2) is 7.05. The molecule has 0 bridgehead atoms. The van der Waals surface area contributed by atoms with Crippen molar-refractivity contribution in [1.29, 1.82) is 0 Å². The minimum Gasteiger partial charge on any atom is -0.351 e. The highest BCUT2D eigenvalue weighted by molar-refractivity contribution is 9.09. The fourth-order valence-corrected chi connectivity index (χ4v) is 2.40. The van der Waals surface area contributed by atoms with Crippen LogP contribution < -0.4 is 5.32 Å². The second-order valence-corrected chi connectivity index (χ2v) is 7.53. The van der Waals surface area contributed by atoms with E-state index >= 15 is 0 Å². The molecule has 106 valence electrons. The average Bonchev–Trinajstić information content (AvgIpc) is 2.37. The first-order valence-corrected chi connectivity index (χ1v) is 9.01. The van der Waals surface area contributed by atoms with Gasteiger partial charge in [0.15, 0.2) is 9.84 Å². The third-order valence-corrected chi connectivity index (χ3v) is 5.15. The van der Waals surface area contributed by atoms with Crippen molar-refractivity contribution in [3.8, 4) is 0 Å². The molecule has 0 aliphatic carbocycles. The van der Waals surface area contributed by atoms with E-state index in [2.05, 4.69) is 21.2 Å². The molecule has 0 saturated heterocycles. The molecule has 0 spiro atoms. The predicted molar refractivity (Wildman–Crippen MR) is 80.2 cm³/mol. The van der Waals surface area contributed by atoms with E-state index in [1.165, 1.54) is 6.92 Å². The van der Waals surface area contributed by atoms with Crippen LogP contribution >= 0.6 is 15.9 Å². The molecular formula is C13H18BrNO3S. The van der Waals surface area contributed by atoms with Crippen molar-refractivity contribution in [2.75, 3.05) is 11.6 Å². The van der Waals surface area contributed by atoms with Crippen molar-refractivity contribution in [1.82, 2.24) is 5.32 Å². The standard InChI is InChI=1S/C13H18BrNO3S/c1-10(19(2,17)18)13(16)15-12(9-14)8-11-6-4-3-5-7-11/h3-7,10,12H,8-9H2,1-2H3,(H,15,16). The molecule has 1 N–H and O–H groups in total. The van der Waals surface area contributed by atoms with Crippen LogP contribution in [0.1, 0.15) is 12.5 Å². The Balaban J connectivity index is 2.65. The van der Waals surface area contributed by atoms with Gasteiger partial charge in [-0.25, -0.2) is 8.42 Å². The predicted octanol–water partition coefficient (Wildman–Crippen LogP) is 1.54. The molecule has 1 aromatic carbocycles. The molecule has 19 heavy (non-hydrogen) atoms. The van der Waals surface area contributed by atoms with Gasteiger partial charge in [-0.05, 0) is 18.9 Å². The summed E-state index contributed by atoms with van der Waals surface area (Å²) in [5.74, 6) is -0.456. The number of carbonyl (C=O) groups is 1. The van der Waals surface area contributed by atoms with Gasteiger partial charge < -0.3 is 5.32 Å². The van der Waals surface area contributed by atoms with Crippen LogP contribution in [0.25, 0.3) is 0 Å². The summed E-state index contributed by atoms with van der Waals surface area (Å²) in [4.78, 5) is 11.8. The van der Waals surface area contributed by atoms with Gasteiger partial charge in [0.25, 0.3) is 0 Å². The van der Waals surface area contributed by atoms with E-state index in [1.54, 1.807) is 0 Å². The zero-order chi connectivity index (χ0) is 14.5. The molecule has 0 aliphatic heterocycles. The number of alkyl halides is 1. The number of carbonyl (C=O) groups excluding carboxylic acids is 1. The largest absolute Gasteiger partial charge is 0.351 e. The lowest BCUT2D eigenvalue weighted by molar-refractivity contribution is -0.120. The van der Waals surface area contributed by atoms with E-state index in [9.17, 15) is 13.2 Å². The Kier molecular flexibility index (Phi) is 6.00. The number of benzene rings is 1. The van der Waals surface area contributed by atoms with E-state index in [0.29, 0.717) is 11.8 Å². The van der Waals surface area contributed by atoms with Crippen molar-refractivity contribution < 1.29 is 13.2 Å². The zero-order valence-electron chi connectivity index (χ0n) is 11.0. The third-order valence-electron chi connectivity index (χ3n) is 2.87. The van der Waals surface area contributed by atoms with Crippen molar-refractivity contribution in [2.45, 2.75) is 24.6 Å². The van der Waals surface area contributed by atoms with E-state index in [1.807, 2.05) is 30.3 Å². The number of sulfone groups is 1. The highest BCUT2D eigenvalue weighted by Crippen LogP contribution is 2.06. The first-order chi connectivity index (χ1) is 8.84. The monoisotopic (exact) mass is 347 g/mol. The van der Waals surface area contributed by atoms with E-state index in [4.69, 9.17) is 0 Å². The summed E-state index contributed by atoms with van der Waals surface area (Å²) in [6, 6.07) is 9.61. The number of hydrogen-bond acceptors (Lipinski definition) is 3. The highest BCUT2D eigenvalue weighted by atomic mass is 79.9. The van der Waals surface area contributed by atoms with Gasteiger partial charge in [0, 0.05) is 17.6 Å². The van der Waals surface area contributed by atoms with Crippen LogP contribution in [-0.2, 0) is 21.1 Å². The SMILES string of the molecule is CC(C(=O)NC(CBr)Cc1ccccc1)S(C)(=O)=O. The lowest BCUT2D eigenvalue weighted by Crippen LogP contribution is -2.44. The van der Waals surface area contributed by atoms with Gasteiger partial charge in [0.1, 0.15) is 5.25 Å². The van der Waals surface area contributed by atoms with Crippen molar-refractivity contribution in [2.24, 2.45) is 0 Å². The molecule has 0 radical (unpaired) electrons. The van der Waals surface area contributed by atoms with Crippen LogP contribution in [0.3, 0.4) is 0 Å². The number of hydrogen-bond donors (Lipinski definition) is 1. The fraction of sp³-hybridized carbons (Fsp3) is 0.462. The molecule has 2 atom stereocenters. The van der Waals surface area contributed by atoms with Gasteiger partial charge in [0.05, 0.1) is 0 Å². The topological polar surface area (TPSA) is 63.2 Å². The Hall–Kier alpha value is -0.880. The van der Waals surface area contributed by atoms with Crippen LogP contribution in [0.15, 0.2) is 30.3 Å². The molecular weight excluding hydrogens is 330 g/mol. The second-order valence-electron chi connectivity index (χ2n) is 4.52. The van der Waals surface area contributed by atoms with Crippen LogP contribution in [0.5, 0.6) is 0 Å². The van der Waals surface area contributed by atoms with Crippen molar-refractivity contribution in [3.05, 3.63) is 35.9 Å². The Morgan fingerprint density at radius 1 is 1.32 bits per heavy atom. The van der Waals surface area contributed by atoms with Gasteiger partial charge in [-0.1, -0.05) is 46.3 Å². The maximum Gasteiger partial charge on any atom is 0.238 e. The Labute approximate surface area is 122 Å². The molecule has 0 saturated carbocycles. The van der Waals surface area contributed by atoms with Gasteiger partial charge in [0.2, 0.25) is 5.91 Å². The van der Waals surface area contributed by atoms with E-state index < -0.39 is 21.0 Å². The third kappa shape index (κ3) is 5.32. The fourth-order valence-electron chi connectivity index (χ4n) is 1.56. The first-order valence-electron chi connectivity index (χ1n) is 5.93. The summed E-state index contributed by atoms with van der Waals surface area (Å²) in [7, 11) is -3.36. The molecule has 0 aliphatic rings. The lowest BCUT2D eigenvalue weighted by atomic mass is 10.1. The van der Waals surface area contributed by atoms with Crippen LogP contribution in [0, 0.1) is 0 Å². The normalized spacial score (nSPS) is 14.7. The summed E-state index contributed by atoms with van der Waals surface area (Å²) in [6.45, 7) is 1.40. The van der Waals surface area contributed by atoms with Crippen LogP contribution in [0.4, 0.5) is 0 Å². The summed E-state index contributed by atoms with van der Waals surface area (Å²) in [5.41, 5.74) is 1.10. The van der Waals surface area contributed by atoms with Gasteiger partial charge >= 0.3 is 0 Å². The van der Waals surface area contributed by atoms with Crippen LogP contribution in [-0.4, -0.2) is 37.2 Å². The van der Waals surface area contributed by atoms with Crippen molar-refractivity contribution >= 4 is 31.7 Å². The molecule has 6 heteroatoms. The molecule has 0 aromatic heterocycles. The lowest BCUT2D eigenvalue weighted by Gasteiger charge is -2.18. The van der Waals surface area contributed by atoms with Gasteiger partial charge in [-0.3, -0.25) is 4.79 Å². The van der Waals surface area contributed by atoms with Crippen molar-refractivity contribution in [3.63, 3.8) is 0 Å². The Bertz CT molecular complexity index is 516. The van der Waals surface area contributed by atoms with E-state index in [-0.39, 0.29) is 6.04 Å². The Morgan fingerprint density at radius 2 is 1.89 bits per heavy atom. The van der Waals surface area contributed by atoms with E-state index in [0.717, 1.165) is 11.8 Å². The maximum absolute atomic E-state index is 11.8. The molecule has 2 unspecified atom stereocenters. The first kappa shape index (κ1) is 16.2. The smallest absolute Gasteiger partial charge is 0.238 e. The summed E-state index contributed by atoms with van der Waals surface area (Å²) >= 11 is 3.34. The average molecular weight is 348 g/mol. The molecule has 1 amide bonds.